The summed E-state index contributed by atoms with van der Waals surface area (Å²) in [4.78, 5) is 2.65. The Morgan fingerprint density at radius 1 is 1.10 bits per heavy atom. The third-order valence-electron chi connectivity index (χ3n) is 1.15. The van der Waals surface area contributed by atoms with Gasteiger partial charge in [-0.2, -0.15) is 0 Å². The average molecular weight is 282 g/mol. The first-order valence-corrected chi connectivity index (χ1v) is 7.38. The van der Waals surface area contributed by atoms with Gasteiger partial charge in [0.15, 0.2) is 0 Å². The lowest BCUT2D eigenvalue weighted by molar-refractivity contribution is 1.36. The van der Waals surface area contributed by atoms with Gasteiger partial charge in [-0.1, -0.05) is 8.93 Å². The second-order valence-electron chi connectivity index (χ2n) is 1.75. The predicted molar refractivity (Wildman–Crippen MR) is 58.1 cm³/mol. The molecule has 0 bridgehead atoms. The van der Waals surface area contributed by atoms with Gasteiger partial charge in [-0.15, -0.1) is 11.8 Å². The molecule has 0 spiro atoms. The van der Waals surface area contributed by atoms with E-state index >= 15 is 0 Å². The van der Waals surface area contributed by atoms with Gasteiger partial charge in [-0.3, -0.25) is 0 Å². The lowest BCUT2D eigenvalue weighted by Crippen LogP contribution is -1.68. The van der Waals surface area contributed by atoms with Crippen LogP contribution in [0.5, 0.6) is 0 Å². The van der Waals surface area contributed by atoms with Gasteiger partial charge in [-0.25, -0.2) is 0 Å². The number of benzene rings is 1. The summed E-state index contributed by atoms with van der Waals surface area (Å²) in [6, 6.07) is 8.57. The second kappa shape index (κ2) is 4.51. The highest BCUT2D eigenvalue weighted by atomic mass is 127. The van der Waals surface area contributed by atoms with Crippen LogP contribution in [0.1, 0.15) is 0 Å². The lowest BCUT2D eigenvalue weighted by atomic mass is 10.4. The van der Waals surface area contributed by atoms with Crippen LogP contribution in [0.25, 0.3) is 0 Å². The zero-order valence-corrected chi connectivity index (χ0v) is 9.29. The topological polar surface area (TPSA) is 0 Å². The molecule has 0 nitrogen and oxygen atoms in total. The molecule has 0 unspecified atom stereocenters. The van der Waals surface area contributed by atoms with Crippen molar-refractivity contribution in [2.75, 3.05) is 6.26 Å². The highest BCUT2D eigenvalue weighted by molar-refractivity contribution is 14.2. The van der Waals surface area contributed by atoms with Gasteiger partial charge in [0, 0.05) is 31.0 Å². The number of halogens is 1. The molecule has 0 aliphatic heterocycles. The molecule has 10 heavy (non-hydrogen) atoms. The predicted octanol–water partition coefficient (Wildman–Crippen LogP) is 3.85. The molecular weight excluding hydrogens is 275 g/mol. The van der Waals surface area contributed by atoms with E-state index < -0.39 is 0 Å². The van der Waals surface area contributed by atoms with E-state index in [0.29, 0.717) is 0 Å². The van der Waals surface area contributed by atoms with Crippen LogP contribution in [0.4, 0.5) is 0 Å². The molecule has 0 atom stereocenters. The van der Waals surface area contributed by atoms with E-state index in [0.717, 1.165) is 0 Å². The van der Waals surface area contributed by atoms with Crippen molar-refractivity contribution in [3.05, 3.63) is 24.3 Å². The van der Waals surface area contributed by atoms with Crippen molar-refractivity contribution in [2.45, 2.75) is 9.79 Å². The van der Waals surface area contributed by atoms with Crippen molar-refractivity contribution in [1.29, 1.82) is 0 Å². The average Bonchev–Trinajstić information content (AvgIpc) is 2.05. The summed E-state index contributed by atoms with van der Waals surface area (Å²) < 4.78 is 0. The molecule has 0 aromatic heterocycles. The Bertz CT molecular complexity index is 172. The summed E-state index contributed by atoms with van der Waals surface area (Å²) in [6.07, 6.45) is 2.09. The third kappa shape index (κ3) is 2.36. The molecule has 0 fully saturated rings. The van der Waals surface area contributed by atoms with Gasteiger partial charge < -0.3 is 0 Å². The van der Waals surface area contributed by atoms with E-state index in [1.807, 2.05) is 0 Å². The fourth-order valence-corrected chi connectivity index (χ4v) is 2.16. The Morgan fingerprint density at radius 2 is 1.60 bits per heavy atom. The second-order valence-corrected chi connectivity index (χ2v) is 4.58. The smallest absolute Gasteiger partial charge is 0.0179 e. The highest BCUT2D eigenvalue weighted by Gasteiger charge is 1.90. The maximum absolute atomic E-state index is 2.29. The monoisotopic (exact) mass is 282 g/mol. The van der Waals surface area contributed by atoms with Crippen LogP contribution in [-0.4, -0.2) is 6.26 Å². The quantitative estimate of drug-likeness (QED) is 0.597. The van der Waals surface area contributed by atoms with Gasteiger partial charge >= 0.3 is 0 Å². The van der Waals surface area contributed by atoms with Crippen molar-refractivity contribution < 1.29 is 0 Å². The van der Waals surface area contributed by atoms with Crippen molar-refractivity contribution in [3.8, 4) is 0 Å². The summed E-state index contributed by atoms with van der Waals surface area (Å²) in [6.45, 7) is 0. The zero-order chi connectivity index (χ0) is 7.40. The number of hydrogen-bond donors (Lipinski definition) is 0. The molecule has 0 radical (unpaired) electrons. The van der Waals surface area contributed by atoms with Crippen molar-refractivity contribution in [1.82, 2.24) is 0 Å². The standard InChI is InChI=1S/C7H7IS2/c1-9-6-2-4-7(10-8)5-3-6/h2-5H,1H3. The van der Waals surface area contributed by atoms with Crippen LogP contribution in [0.2, 0.25) is 0 Å². The summed E-state index contributed by atoms with van der Waals surface area (Å²) in [5.74, 6) is 0. The van der Waals surface area contributed by atoms with E-state index in [1.54, 1.807) is 20.7 Å². The van der Waals surface area contributed by atoms with E-state index in [2.05, 4.69) is 51.7 Å². The first kappa shape index (κ1) is 8.74. The van der Waals surface area contributed by atoms with Gasteiger partial charge in [0.1, 0.15) is 0 Å². The van der Waals surface area contributed by atoms with Gasteiger partial charge in [0.05, 0.1) is 0 Å². The molecule has 0 amide bonds. The Hall–Kier alpha value is 0.650. The van der Waals surface area contributed by atoms with Crippen LogP contribution < -0.4 is 0 Å². The molecular formula is C7H7IS2. The fraction of sp³-hybridized carbons (Fsp3) is 0.143. The molecule has 0 aliphatic carbocycles. The Balaban J connectivity index is 2.80. The Labute approximate surface area is 81.8 Å². The van der Waals surface area contributed by atoms with Crippen molar-refractivity contribution in [3.63, 3.8) is 0 Å². The Kier molecular flexibility index (Phi) is 3.95. The maximum Gasteiger partial charge on any atom is 0.0179 e. The van der Waals surface area contributed by atoms with E-state index in [-0.39, 0.29) is 0 Å². The first-order chi connectivity index (χ1) is 4.86. The molecule has 0 saturated heterocycles. The van der Waals surface area contributed by atoms with Crippen LogP contribution in [0.15, 0.2) is 34.1 Å². The SMILES string of the molecule is CSc1ccc(SI)cc1. The normalized spacial score (nSPS) is 9.80. The van der Waals surface area contributed by atoms with Gasteiger partial charge in [0.25, 0.3) is 0 Å². The first-order valence-electron chi connectivity index (χ1n) is 2.79. The molecule has 0 N–H and O–H groups in total. The summed E-state index contributed by atoms with van der Waals surface area (Å²) >= 11 is 4.06. The Morgan fingerprint density at radius 3 is 2.00 bits per heavy atom. The maximum atomic E-state index is 2.29. The minimum Gasteiger partial charge on any atom is -0.130 e. The number of thioether (sulfide) groups is 1. The van der Waals surface area contributed by atoms with Gasteiger partial charge in [0.2, 0.25) is 0 Å². The number of hydrogen-bond acceptors (Lipinski definition) is 2. The number of rotatable bonds is 2. The van der Waals surface area contributed by atoms with Crippen LogP contribution in [0, 0.1) is 0 Å². The van der Waals surface area contributed by atoms with Crippen LogP contribution >= 0.6 is 41.9 Å². The zero-order valence-electron chi connectivity index (χ0n) is 5.50. The summed E-state index contributed by atoms with van der Waals surface area (Å²) in [5, 5.41) is 0. The summed E-state index contributed by atoms with van der Waals surface area (Å²) in [5.41, 5.74) is 0. The lowest BCUT2D eigenvalue weighted by Gasteiger charge is -1.95. The largest absolute Gasteiger partial charge is 0.130 e. The summed E-state index contributed by atoms with van der Waals surface area (Å²) in [7, 11) is 1.75. The van der Waals surface area contributed by atoms with E-state index in [9.17, 15) is 0 Å². The molecule has 54 valence electrons. The minimum atomic E-state index is 1.32. The minimum absolute atomic E-state index is 1.32. The molecule has 1 aromatic rings. The van der Waals surface area contributed by atoms with Crippen molar-refractivity contribution in [2.24, 2.45) is 0 Å². The highest BCUT2D eigenvalue weighted by Crippen LogP contribution is 2.26. The molecule has 0 heterocycles. The molecule has 1 rings (SSSR count). The van der Waals surface area contributed by atoms with Crippen molar-refractivity contribution >= 4 is 41.9 Å². The molecule has 1 aromatic carbocycles. The van der Waals surface area contributed by atoms with E-state index in [1.165, 1.54) is 9.79 Å². The van der Waals surface area contributed by atoms with E-state index in [4.69, 9.17) is 0 Å². The van der Waals surface area contributed by atoms with Crippen LogP contribution in [0.3, 0.4) is 0 Å². The molecule has 3 heteroatoms. The molecule has 0 saturated carbocycles. The van der Waals surface area contributed by atoms with Crippen LogP contribution in [-0.2, 0) is 0 Å². The molecule has 0 aliphatic rings. The fourth-order valence-electron chi connectivity index (χ4n) is 0.627. The third-order valence-corrected chi connectivity index (χ3v) is 3.87. The van der Waals surface area contributed by atoms with Gasteiger partial charge in [-0.05, 0) is 30.5 Å².